The third-order valence-electron chi connectivity index (χ3n) is 5.48. The van der Waals surface area contributed by atoms with Crippen molar-refractivity contribution in [3.05, 3.63) is 67.0 Å². The number of carbonyl (C=O) groups excluding carboxylic acids is 2. The van der Waals surface area contributed by atoms with Crippen molar-refractivity contribution in [2.24, 2.45) is 0 Å². The van der Waals surface area contributed by atoms with Crippen LogP contribution >= 0.6 is 11.8 Å². The molecule has 0 unspecified atom stereocenters. The van der Waals surface area contributed by atoms with Gasteiger partial charge in [-0.05, 0) is 36.4 Å². The van der Waals surface area contributed by atoms with Crippen LogP contribution < -0.4 is 5.32 Å². The van der Waals surface area contributed by atoms with Gasteiger partial charge in [-0.3, -0.25) is 14.5 Å². The molecular weight excluding hydrogens is 441 g/mol. The first-order valence-corrected chi connectivity index (χ1v) is 11.8. The number of anilines is 1. The number of amides is 2. The van der Waals surface area contributed by atoms with Gasteiger partial charge in [0.05, 0.1) is 23.3 Å². The van der Waals surface area contributed by atoms with E-state index >= 15 is 0 Å². The summed E-state index contributed by atoms with van der Waals surface area (Å²) in [5, 5.41) is 3.57. The highest BCUT2D eigenvalue weighted by Gasteiger charge is 2.23. The van der Waals surface area contributed by atoms with Crippen LogP contribution in [-0.2, 0) is 16.1 Å². The Morgan fingerprint density at radius 3 is 2.55 bits per heavy atom. The SMILES string of the molecule is C=CCn1c(SCC(=O)N2CCN(CC(=O)Nc3ccc(F)cc3)CC2)nc2ccccc21. The Morgan fingerprint density at radius 1 is 1.09 bits per heavy atom. The van der Waals surface area contributed by atoms with E-state index in [2.05, 4.69) is 21.4 Å². The van der Waals surface area contributed by atoms with Crippen LogP contribution in [0.2, 0.25) is 0 Å². The second-order valence-electron chi connectivity index (χ2n) is 7.78. The number of aromatic nitrogens is 2. The molecule has 1 aliphatic rings. The summed E-state index contributed by atoms with van der Waals surface area (Å²) >= 11 is 1.44. The molecular formula is C24H26FN5O2S. The van der Waals surface area contributed by atoms with E-state index in [1.165, 1.54) is 36.0 Å². The standard InChI is InChI=1S/C24H26FN5O2S/c1-2-11-30-21-6-4-3-5-20(21)27-24(30)33-17-23(32)29-14-12-28(13-15-29)16-22(31)26-19-9-7-18(25)8-10-19/h2-10H,1,11-17H2,(H,26,31). The molecule has 0 radical (unpaired) electrons. The minimum atomic E-state index is -0.343. The zero-order valence-electron chi connectivity index (χ0n) is 18.2. The van der Waals surface area contributed by atoms with Crippen LogP contribution in [0.15, 0.2) is 66.3 Å². The lowest BCUT2D eigenvalue weighted by Gasteiger charge is -2.34. The number of thioether (sulfide) groups is 1. The molecule has 3 aromatic rings. The number of piperazine rings is 1. The van der Waals surface area contributed by atoms with Gasteiger partial charge in [0.25, 0.3) is 0 Å². The van der Waals surface area contributed by atoms with Gasteiger partial charge in [0.2, 0.25) is 11.8 Å². The van der Waals surface area contributed by atoms with Gasteiger partial charge >= 0.3 is 0 Å². The van der Waals surface area contributed by atoms with Crippen molar-refractivity contribution in [1.29, 1.82) is 0 Å². The van der Waals surface area contributed by atoms with Gasteiger partial charge in [0.1, 0.15) is 5.82 Å². The van der Waals surface area contributed by atoms with Gasteiger partial charge in [-0.2, -0.15) is 0 Å². The van der Waals surface area contributed by atoms with Gasteiger partial charge < -0.3 is 14.8 Å². The number of rotatable bonds is 8. The first-order chi connectivity index (χ1) is 16.0. The fourth-order valence-electron chi connectivity index (χ4n) is 3.78. The normalized spacial score (nSPS) is 14.4. The molecule has 9 heteroatoms. The summed E-state index contributed by atoms with van der Waals surface area (Å²) in [7, 11) is 0. The van der Waals surface area contributed by atoms with Crippen molar-refractivity contribution in [1.82, 2.24) is 19.4 Å². The summed E-state index contributed by atoms with van der Waals surface area (Å²) < 4.78 is 15.1. The maximum Gasteiger partial charge on any atom is 0.238 e. The van der Waals surface area contributed by atoms with Crippen LogP contribution in [0, 0.1) is 5.82 Å². The van der Waals surface area contributed by atoms with Crippen molar-refractivity contribution in [2.75, 3.05) is 43.8 Å². The van der Waals surface area contributed by atoms with E-state index in [0.29, 0.717) is 44.2 Å². The average Bonchev–Trinajstić information content (AvgIpc) is 3.17. The minimum absolute atomic E-state index is 0.0626. The second-order valence-corrected chi connectivity index (χ2v) is 8.73. The number of fused-ring (bicyclic) bond motifs is 1. The molecule has 0 atom stereocenters. The van der Waals surface area contributed by atoms with Gasteiger partial charge in [0, 0.05) is 38.4 Å². The van der Waals surface area contributed by atoms with E-state index in [4.69, 9.17) is 0 Å². The van der Waals surface area contributed by atoms with Crippen molar-refractivity contribution in [3.63, 3.8) is 0 Å². The molecule has 0 bridgehead atoms. The Kier molecular flexibility index (Phi) is 7.41. The van der Waals surface area contributed by atoms with Crippen LogP contribution in [0.1, 0.15) is 0 Å². The van der Waals surface area contributed by atoms with Crippen molar-refractivity contribution in [3.8, 4) is 0 Å². The number of nitrogens with one attached hydrogen (secondary N) is 1. The third-order valence-corrected chi connectivity index (χ3v) is 6.44. The Bertz CT molecular complexity index is 1140. The number of imidazole rings is 1. The van der Waals surface area contributed by atoms with Gasteiger partial charge in [0.15, 0.2) is 5.16 Å². The van der Waals surface area contributed by atoms with E-state index < -0.39 is 0 Å². The summed E-state index contributed by atoms with van der Waals surface area (Å²) in [6.07, 6.45) is 1.82. The lowest BCUT2D eigenvalue weighted by Crippen LogP contribution is -2.50. The smallest absolute Gasteiger partial charge is 0.238 e. The molecule has 1 fully saturated rings. The number of benzene rings is 2. The van der Waals surface area contributed by atoms with E-state index in [9.17, 15) is 14.0 Å². The lowest BCUT2D eigenvalue weighted by atomic mass is 10.3. The summed E-state index contributed by atoms with van der Waals surface area (Å²) in [5.74, 6) is -0.124. The van der Waals surface area contributed by atoms with E-state index in [1.807, 2.05) is 40.1 Å². The molecule has 1 N–H and O–H groups in total. The molecule has 172 valence electrons. The molecule has 2 amide bonds. The number of carbonyl (C=O) groups is 2. The van der Waals surface area contributed by atoms with Gasteiger partial charge in [-0.1, -0.05) is 30.0 Å². The Hall–Kier alpha value is -3.17. The molecule has 0 spiro atoms. The maximum absolute atomic E-state index is 13.0. The van der Waals surface area contributed by atoms with Crippen LogP contribution in [0.3, 0.4) is 0 Å². The number of halogens is 1. The van der Waals surface area contributed by atoms with Crippen LogP contribution in [0.5, 0.6) is 0 Å². The van der Waals surface area contributed by atoms with E-state index in [1.54, 1.807) is 0 Å². The highest BCUT2D eigenvalue weighted by atomic mass is 32.2. The average molecular weight is 468 g/mol. The second kappa shape index (κ2) is 10.6. The van der Waals surface area contributed by atoms with Gasteiger partial charge in [-0.25, -0.2) is 9.37 Å². The zero-order chi connectivity index (χ0) is 23.2. The van der Waals surface area contributed by atoms with Gasteiger partial charge in [-0.15, -0.1) is 6.58 Å². The number of nitrogens with zero attached hydrogens (tertiary/aromatic N) is 4. The van der Waals surface area contributed by atoms with Crippen molar-refractivity contribution >= 4 is 40.3 Å². The van der Waals surface area contributed by atoms with Crippen LogP contribution in [-0.4, -0.2) is 69.6 Å². The number of para-hydroxylation sites is 2. The van der Waals surface area contributed by atoms with Crippen LogP contribution in [0.4, 0.5) is 10.1 Å². The first kappa shape index (κ1) is 23.0. The molecule has 1 saturated heterocycles. The van der Waals surface area contributed by atoms with Crippen molar-refractivity contribution < 1.29 is 14.0 Å². The zero-order valence-corrected chi connectivity index (χ0v) is 19.1. The maximum atomic E-state index is 13.0. The molecule has 1 aliphatic heterocycles. The minimum Gasteiger partial charge on any atom is -0.339 e. The quantitative estimate of drug-likeness (QED) is 0.407. The molecule has 33 heavy (non-hydrogen) atoms. The molecule has 1 aromatic heterocycles. The molecule has 2 heterocycles. The Labute approximate surface area is 196 Å². The largest absolute Gasteiger partial charge is 0.339 e. The first-order valence-electron chi connectivity index (χ1n) is 10.8. The van der Waals surface area contributed by atoms with Crippen molar-refractivity contribution in [2.45, 2.75) is 11.7 Å². The summed E-state index contributed by atoms with van der Waals surface area (Å²) in [5.41, 5.74) is 2.50. The highest BCUT2D eigenvalue weighted by molar-refractivity contribution is 7.99. The summed E-state index contributed by atoms with van der Waals surface area (Å²) in [6, 6.07) is 13.6. The number of hydrogen-bond donors (Lipinski definition) is 1. The summed E-state index contributed by atoms with van der Waals surface area (Å²) in [4.78, 5) is 33.5. The predicted octanol–water partition coefficient (Wildman–Crippen LogP) is 3.24. The fourth-order valence-corrected chi connectivity index (χ4v) is 4.71. The molecule has 2 aromatic carbocycles. The van der Waals surface area contributed by atoms with Crippen LogP contribution in [0.25, 0.3) is 11.0 Å². The topological polar surface area (TPSA) is 70.5 Å². The van der Waals surface area contributed by atoms with E-state index in [-0.39, 0.29) is 24.2 Å². The van der Waals surface area contributed by atoms with E-state index in [0.717, 1.165) is 16.2 Å². The molecule has 7 nitrogen and oxygen atoms in total. The predicted molar refractivity (Wildman–Crippen MR) is 129 cm³/mol. The summed E-state index contributed by atoms with van der Waals surface area (Å²) in [6.45, 7) is 7.10. The highest BCUT2D eigenvalue weighted by Crippen LogP contribution is 2.24. The molecule has 0 aliphatic carbocycles. The Morgan fingerprint density at radius 2 is 1.82 bits per heavy atom. The third kappa shape index (κ3) is 5.80. The lowest BCUT2D eigenvalue weighted by molar-refractivity contribution is -0.130. The monoisotopic (exact) mass is 467 g/mol. The number of hydrogen-bond acceptors (Lipinski definition) is 5. The number of allylic oxidation sites excluding steroid dienone is 1. The molecule has 0 saturated carbocycles. The Balaban J connectivity index is 1.25. The molecule has 4 rings (SSSR count). The fraction of sp³-hybridized carbons (Fsp3) is 0.292.